The zero-order valence-corrected chi connectivity index (χ0v) is 12.2. The lowest BCUT2D eigenvalue weighted by Crippen LogP contribution is -2.35. The van der Waals surface area contributed by atoms with Gasteiger partial charge in [0, 0.05) is 6.04 Å². The third-order valence-corrected chi connectivity index (χ3v) is 4.08. The Labute approximate surface area is 120 Å². The van der Waals surface area contributed by atoms with Crippen LogP contribution in [0.5, 0.6) is 5.75 Å². The molecule has 0 saturated carbocycles. The SMILES string of the molecule is N#Cc1ccc(OCCC2CCCCN2)c(F)c1Br. The molecule has 1 aromatic carbocycles. The minimum atomic E-state index is -0.504. The lowest BCUT2D eigenvalue weighted by atomic mass is 10.0. The third kappa shape index (κ3) is 3.68. The van der Waals surface area contributed by atoms with Crippen molar-refractivity contribution in [2.45, 2.75) is 31.7 Å². The van der Waals surface area contributed by atoms with Crippen LogP contribution in [0.4, 0.5) is 4.39 Å². The maximum absolute atomic E-state index is 13.9. The zero-order valence-electron chi connectivity index (χ0n) is 10.6. The van der Waals surface area contributed by atoms with E-state index in [0.717, 1.165) is 19.4 Å². The molecular weight excluding hydrogens is 311 g/mol. The van der Waals surface area contributed by atoms with Gasteiger partial charge in [-0.15, -0.1) is 0 Å². The smallest absolute Gasteiger partial charge is 0.180 e. The topological polar surface area (TPSA) is 45.0 Å². The average Bonchev–Trinajstić information content (AvgIpc) is 2.45. The van der Waals surface area contributed by atoms with Gasteiger partial charge in [-0.1, -0.05) is 6.42 Å². The number of hydrogen-bond acceptors (Lipinski definition) is 3. The van der Waals surface area contributed by atoms with Crippen molar-refractivity contribution in [2.75, 3.05) is 13.2 Å². The quantitative estimate of drug-likeness (QED) is 0.922. The van der Waals surface area contributed by atoms with E-state index in [4.69, 9.17) is 10.00 Å². The van der Waals surface area contributed by atoms with E-state index in [1.54, 1.807) is 6.07 Å². The number of nitriles is 1. The highest BCUT2D eigenvalue weighted by Gasteiger charge is 2.14. The molecule has 1 atom stereocenters. The predicted molar refractivity (Wildman–Crippen MR) is 74.6 cm³/mol. The molecule has 0 radical (unpaired) electrons. The maximum Gasteiger partial charge on any atom is 0.180 e. The summed E-state index contributed by atoms with van der Waals surface area (Å²) in [5, 5.41) is 12.2. The van der Waals surface area contributed by atoms with Gasteiger partial charge < -0.3 is 10.1 Å². The van der Waals surface area contributed by atoms with Crippen LogP contribution in [0.15, 0.2) is 16.6 Å². The Morgan fingerprint density at radius 2 is 2.32 bits per heavy atom. The normalized spacial score (nSPS) is 18.9. The molecule has 0 aromatic heterocycles. The van der Waals surface area contributed by atoms with Gasteiger partial charge in [0.25, 0.3) is 0 Å². The Morgan fingerprint density at radius 3 is 3.00 bits per heavy atom. The second-order valence-corrected chi connectivity index (χ2v) is 5.43. The molecule has 1 fully saturated rings. The molecule has 1 aliphatic heterocycles. The molecule has 0 aliphatic carbocycles. The fourth-order valence-corrected chi connectivity index (χ4v) is 2.63. The average molecular weight is 327 g/mol. The van der Waals surface area contributed by atoms with Gasteiger partial charge in [0.15, 0.2) is 11.6 Å². The molecule has 2 rings (SSSR count). The minimum Gasteiger partial charge on any atom is -0.490 e. The molecule has 102 valence electrons. The van der Waals surface area contributed by atoms with Crippen LogP contribution >= 0.6 is 15.9 Å². The molecule has 3 nitrogen and oxygen atoms in total. The molecule has 1 aliphatic rings. The molecule has 19 heavy (non-hydrogen) atoms. The van der Waals surface area contributed by atoms with Crippen molar-refractivity contribution in [3.63, 3.8) is 0 Å². The van der Waals surface area contributed by atoms with Crippen LogP contribution in [0.1, 0.15) is 31.2 Å². The van der Waals surface area contributed by atoms with Crippen molar-refractivity contribution in [3.05, 3.63) is 28.0 Å². The number of halogens is 2. The summed E-state index contributed by atoms with van der Waals surface area (Å²) >= 11 is 3.07. The molecule has 1 N–H and O–H groups in total. The van der Waals surface area contributed by atoms with Gasteiger partial charge in [-0.05, 0) is 53.9 Å². The van der Waals surface area contributed by atoms with Crippen LogP contribution in [-0.2, 0) is 0 Å². The van der Waals surface area contributed by atoms with E-state index in [1.807, 2.05) is 6.07 Å². The summed E-state index contributed by atoms with van der Waals surface area (Å²) in [5.41, 5.74) is 0.277. The second kappa shape index (κ2) is 6.88. The Morgan fingerprint density at radius 1 is 1.47 bits per heavy atom. The summed E-state index contributed by atoms with van der Waals surface area (Å²) in [5.74, 6) is -0.308. The largest absolute Gasteiger partial charge is 0.490 e. The molecule has 1 unspecified atom stereocenters. The highest BCUT2D eigenvalue weighted by Crippen LogP contribution is 2.28. The summed E-state index contributed by atoms with van der Waals surface area (Å²) in [4.78, 5) is 0. The number of hydrogen-bond donors (Lipinski definition) is 1. The Kier molecular flexibility index (Phi) is 5.17. The maximum atomic E-state index is 13.9. The van der Waals surface area contributed by atoms with Crippen molar-refractivity contribution in [2.24, 2.45) is 0 Å². The monoisotopic (exact) mass is 326 g/mol. The molecule has 0 amide bonds. The van der Waals surface area contributed by atoms with Crippen LogP contribution in [-0.4, -0.2) is 19.2 Å². The van der Waals surface area contributed by atoms with Gasteiger partial charge in [-0.25, -0.2) is 4.39 Å². The highest BCUT2D eigenvalue weighted by atomic mass is 79.9. The van der Waals surface area contributed by atoms with E-state index >= 15 is 0 Å². The van der Waals surface area contributed by atoms with E-state index in [2.05, 4.69) is 21.2 Å². The van der Waals surface area contributed by atoms with E-state index in [-0.39, 0.29) is 15.8 Å². The first-order valence-corrected chi connectivity index (χ1v) is 7.26. The molecule has 1 heterocycles. The van der Waals surface area contributed by atoms with E-state index in [9.17, 15) is 4.39 Å². The number of ether oxygens (including phenoxy) is 1. The number of nitrogens with zero attached hydrogens (tertiary/aromatic N) is 1. The molecule has 0 spiro atoms. The number of rotatable bonds is 4. The highest BCUT2D eigenvalue weighted by molar-refractivity contribution is 9.10. The lowest BCUT2D eigenvalue weighted by Gasteiger charge is -2.23. The summed E-state index contributed by atoms with van der Waals surface area (Å²) < 4.78 is 19.5. The number of piperidine rings is 1. The van der Waals surface area contributed by atoms with E-state index in [0.29, 0.717) is 12.6 Å². The zero-order chi connectivity index (χ0) is 13.7. The van der Waals surface area contributed by atoms with Gasteiger partial charge in [-0.3, -0.25) is 0 Å². The summed E-state index contributed by atoms with van der Waals surface area (Å²) in [7, 11) is 0. The van der Waals surface area contributed by atoms with E-state index in [1.165, 1.54) is 18.9 Å². The first-order chi connectivity index (χ1) is 9.22. The first kappa shape index (κ1) is 14.3. The molecule has 0 bridgehead atoms. The van der Waals surface area contributed by atoms with Crippen LogP contribution in [0.2, 0.25) is 0 Å². The standard InChI is InChI=1S/C14H16BrFN2O/c15-13-10(9-17)4-5-12(14(13)16)19-8-6-11-3-1-2-7-18-11/h4-5,11,18H,1-3,6-8H2. The summed E-state index contributed by atoms with van der Waals surface area (Å²) in [6.07, 6.45) is 4.50. The number of nitrogens with one attached hydrogen (secondary N) is 1. The first-order valence-electron chi connectivity index (χ1n) is 6.46. The van der Waals surface area contributed by atoms with Gasteiger partial charge in [0.2, 0.25) is 0 Å². The van der Waals surface area contributed by atoms with Gasteiger partial charge in [-0.2, -0.15) is 5.26 Å². The van der Waals surface area contributed by atoms with Gasteiger partial charge in [0.05, 0.1) is 16.6 Å². The summed E-state index contributed by atoms with van der Waals surface area (Å²) in [6, 6.07) is 5.45. The van der Waals surface area contributed by atoms with E-state index < -0.39 is 5.82 Å². The molecule has 5 heteroatoms. The summed E-state index contributed by atoms with van der Waals surface area (Å²) in [6.45, 7) is 1.54. The lowest BCUT2D eigenvalue weighted by molar-refractivity contribution is 0.258. The van der Waals surface area contributed by atoms with Gasteiger partial charge >= 0.3 is 0 Å². The predicted octanol–water partition coefficient (Wildman–Crippen LogP) is 3.37. The Balaban J connectivity index is 1.89. The molecule has 1 aromatic rings. The van der Waals surface area contributed by atoms with Crippen LogP contribution in [0.25, 0.3) is 0 Å². The molecular formula is C14H16BrFN2O. The van der Waals surface area contributed by atoms with Crippen LogP contribution in [0, 0.1) is 17.1 Å². The van der Waals surface area contributed by atoms with Crippen molar-refractivity contribution in [1.82, 2.24) is 5.32 Å². The van der Waals surface area contributed by atoms with Crippen molar-refractivity contribution in [3.8, 4) is 11.8 Å². The van der Waals surface area contributed by atoms with Crippen molar-refractivity contribution >= 4 is 15.9 Å². The van der Waals surface area contributed by atoms with Crippen molar-refractivity contribution in [1.29, 1.82) is 5.26 Å². The van der Waals surface area contributed by atoms with Crippen molar-refractivity contribution < 1.29 is 9.13 Å². The van der Waals surface area contributed by atoms with Crippen LogP contribution < -0.4 is 10.1 Å². The Bertz CT molecular complexity index is 481. The fourth-order valence-electron chi connectivity index (χ4n) is 2.21. The second-order valence-electron chi connectivity index (χ2n) is 4.63. The van der Waals surface area contributed by atoms with Crippen LogP contribution in [0.3, 0.4) is 0 Å². The fraction of sp³-hybridized carbons (Fsp3) is 0.500. The minimum absolute atomic E-state index is 0.170. The molecule has 1 saturated heterocycles. The van der Waals surface area contributed by atoms with Gasteiger partial charge in [0.1, 0.15) is 6.07 Å². The Hall–Kier alpha value is -1.12. The number of benzene rings is 1. The third-order valence-electron chi connectivity index (χ3n) is 3.30.